The standard InChI is InChI=1S/C13H19N5O2/c1-9-3-4-10-12(16-9)18(13(14)17-10)7-5-11(19)15-6-8-20-2/h3-4H,5-8H2,1-2H3,(H2,14,17)(H,15,19). The number of hydrogen-bond donors (Lipinski definition) is 2. The molecule has 0 saturated carbocycles. The molecule has 0 bridgehead atoms. The highest BCUT2D eigenvalue weighted by Gasteiger charge is 2.11. The average Bonchev–Trinajstić information content (AvgIpc) is 2.72. The molecule has 2 aromatic heterocycles. The van der Waals surface area contributed by atoms with E-state index in [1.807, 2.05) is 19.1 Å². The zero-order chi connectivity index (χ0) is 14.5. The van der Waals surface area contributed by atoms with Crippen LogP contribution in [0.5, 0.6) is 0 Å². The Balaban J connectivity index is 2.04. The van der Waals surface area contributed by atoms with Gasteiger partial charge in [-0.2, -0.15) is 0 Å². The molecule has 20 heavy (non-hydrogen) atoms. The third kappa shape index (κ3) is 3.24. The number of pyridine rings is 1. The first-order chi connectivity index (χ1) is 9.61. The summed E-state index contributed by atoms with van der Waals surface area (Å²) in [4.78, 5) is 20.3. The molecule has 2 aromatic rings. The van der Waals surface area contributed by atoms with E-state index < -0.39 is 0 Å². The minimum atomic E-state index is -0.0454. The molecule has 0 spiro atoms. The number of anilines is 1. The number of nitrogen functional groups attached to an aromatic ring is 1. The molecule has 0 saturated heterocycles. The molecular formula is C13H19N5O2. The second-order valence-electron chi connectivity index (χ2n) is 4.51. The lowest BCUT2D eigenvalue weighted by atomic mass is 10.3. The topological polar surface area (TPSA) is 95.1 Å². The summed E-state index contributed by atoms with van der Waals surface area (Å²) in [6, 6.07) is 3.76. The number of methoxy groups -OCH3 is 1. The zero-order valence-corrected chi connectivity index (χ0v) is 11.7. The van der Waals surface area contributed by atoms with Crippen molar-refractivity contribution in [3.63, 3.8) is 0 Å². The number of carbonyl (C=O) groups is 1. The maximum absolute atomic E-state index is 11.7. The molecule has 1 amide bonds. The van der Waals surface area contributed by atoms with Gasteiger partial charge in [-0.3, -0.25) is 9.36 Å². The Hall–Kier alpha value is -2.15. The van der Waals surface area contributed by atoms with E-state index >= 15 is 0 Å². The van der Waals surface area contributed by atoms with Crippen LogP contribution in [0.1, 0.15) is 12.1 Å². The van der Waals surface area contributed by atoms with Crippen LogP contribution >= 0.6 is 0 Å². The van der Waals surface area contributed by atoms with Gasteiger partial charge in [0.1, 0.15) is 5.52 Å². The number of aryl methyl sites for hydroxylation is 2. The first kappa shape index (κ1) is 14.3. The molecule has 0 atom stereocenters. The van der Waals surface area contributed by atoms with Gasteiger partial charge in [0.2, 0.25) is 11.9 Å². The number of aromatic nitrogens is 3. The molecular weight excluding hydrogens is 258 g/mol. The monoisotopic (exact) mass is 277 g/mol. The fraction of sp³-hybridized carbons (Fsp3) is 0.462. The summed E-state index contributed by atoms with van der Waals surface area (Å²) in [5.74, 6) is 0.332. The number of carbonyl (C=O) groups excluding carboxylic acids is 1. The summed E-state index contributed by atoms with van der Waals surface area (Å²) in [6.07, 6.45) is 0.328. The molecule has 7 nitrogen and oxygen atoms in total. The van der Waals surface area contributed by atoms with Crippen LogP contribution in [-0.4, -0.2) is 40.7 Å². The van der Waals surface area contributed by atoms with Crippen molar-refractivity contribution in [1.82, 2.24) is 19.9 Å². The van der Waals surface area contributed by atoms with E-state index in [9.17, 15) is 4.79 Å². The van der Waals surface area contributed by atoms with Crippen LogP contribution in [0.3, 0.4) is 0 Å². The lowest BCUT2D eigenvalue weighted by molar-refractivity contribution is -0.121. The molecule has 0 fully saturated rings. The van der Waals surface area contributed by atoms with Gasteiger partial charge in [-0.05, 0) is 19.1 Å². The second kappa shape index (κ2) is 6.33. The van der Waals surface area contributed by atoms with Crippen LogP contribution in [0.25, 0.3) is 11.2 Å². The van der Waals surface area contributed by atoms with E-state index in [0.717, 1.165) is 11.2 Å². The van der Waals surface area contributed by atoms with Crippen molar-refractivity contribution in [1.29, 1.82) is 0 Å². The maximum Gasteiger partial charge on any atom is 0.221 e. The molecule has 0 aliphatic carbocycles. The Morgan fingerprint density at radius 3 is 3.00 bits per heavy atom. The number of nitrogens with zero attached hydrogens (tertiary/aromatic N) is 3. The summed E-state index contributed by atoms with van der Waals surface area (Å²) < 4.78 is 6.63. The van der Waals surface area contributed by atoms with E-state index in [1.165, 1.54) is 0 Å². The normalized spacial score (nSPS) is 10.9. The molecule has 0 aromatic carbocycles. The fourth-order valence-electron chi connectivity index (χ4n) is 1.93. The number of imidazole rings is 1. The van der Waals surface area contributed by atoms with Crippen molar-refractivity contribution in [2.45, 2.75) is 19.9 Å². The minimum Gasteiger partial charge on any atom is -0.383 e. The number of nitrogens with one attached hydrogen (secondary N) is 1. The third-order valence-electron chi connectivity index (χ3n) is 2.95. The number of hydrogen-bond acceptors (Lipinski definition) is 5. The van der Waals surface area contributed by atoms with Gasteiger partial charge in [-0.1, -0.05) is 0 Å². The highest BCUT2D eigenvalue weighted by molar-refractivity contribution is 5.77. The van der Waals surface area contributed by atoms with Crippen molar-refractivity contribution in [3.05, 3.63) is 17.8 Å². The third-order valence-corrected chi connectivity index (χ3v) is 2.95. The van der Waals surface area contributed by atoms with Gasteiger partial charge in [0.25, 0.3) is 0 Å². The molecule has 7 heteroatoms. The Morgan fingerprint density at radius 2 is 2.25 bits per heavy atom. The van der Waals surface area contributed by atoms with Crippen LogP contribution in [-0.2, 0) is 16.1 Å². The molecule has 0 radical (unpaired) electrons. The van der Waals surface area contributed by atoms with Crippen LogP contribution in [0.4, 0.5) is 5.95 Å². The maximum atomic E-state index is 11.7. The largest absolute Gasteiger partial charge is 0.383 e. The number of rotatable bonds is 6. The minimum absolute atomic E-state index is 0.0454. The Bertz CT molecular complexity index is 608. The van der Waals surface area contributed by atoms with Crippen molar-refractivity contribution < 1.29 is 9.53 Å². The van der Waals surface area contributed by atoms with Gasteiger partial charge < -0.3 is 15.8 Å². The summed E-state index contributed by atoms with van der Waals surface area (Å²) >= 11 is 0. The van der Waals surface area contributed by atoms with Crippen molar-refractivity contribution in [2.75, 3.05) is 26.0 Å². The Labute approximate surface area is 117 Å². The van der Waals surface area contributed by atoms with Gasteiger partial charge >= 0.3 is 0 Å². The molecule has 2 rings (SSSR count). The SMILES string of the molecule is COCCNC(=O)CCn1c(N)nc2ccc(C)nc21. The smallest absolute Gasteiger partial charge is 0.221 e. The first-order valence-corrected chi connectivity index (χ1v) is 6.47. The Kier molecular flexibility index (Phi) is 4.52. The van der Waals surface area contributed by atoms with Gasteiger partial charge in [0.15, 0.2) is 5.65 Å². The number of fused-ring (bicyclic) bond motifs is 1. The molecule has 0 unspecified atom stereocenters. The summed E-state index contributed by atoms with van der Waals surface area (Å²) in [5.41, 5.74) is 8.22. The van der Waals surface area contributed by atoms with E-state index in [2.05, 4.69) is 15.3 Å². The predicted molar refractivity (Wildman–Crippen MR) is 76.2 cm³/mol. The quantitative estimate of drug-likeness (QED) is 0.749. The molecule has 2 heterocycles. The van der Waals surface area contributed by atoms with Gasteiger partial charge in [0, 0.05) is 32.3 Å². The van der Waals surface area contributed by atoms with Crippen LogP contribution in [0.15, 0.2) is 12.1 Å². The zero-order valence-electron chi connectivity index (χ0n) is 11.7. The number of ether oxygens (including phenoxy) is 1. The highest BCUT2D eigenvalue weighted by Crippen LogP contribution is 2.16. The summed E-state index contributed by atoms with van der Waals surface area (Å²) in [5, 5.41) is 2.77. The van der Waals surface area contributed by atoms with Crippen LogP contribution in [0, 0.1) is 6.92 Å². The fourth-order valence-corrected chi connectivity index (χ4v) is 1.93. The molecule has 0 aliphatic heterocycles. The van der Waals surface area contributed by atoms with E-state index in [-0.39, 0.29) is 5.91 Å². The van der Waals surface area contributed by atoms with E-state index in [4.69, 9.17) is 10.5 Å². The van der Waals surface area contributed by atoms with Crippen LogP contribution in [0.2, 0.25) is 0 Å². The van der Waals surface area contributed by atoms with Crippen molar-refractivity contribution >= 4 is 23.0 Å². The molecule has 3 N–H and O–H groups in total. The summed E-state index contributed by atoms with van der Waals surface area (Å²) in [7, 11) is 1.60. The van der Waals surface area contributed by atoms with E-state index in [0.29, 0.717) is 37.7 Å². The Morgan fingerprint density at radius 1 is 1.45 bits per heavy atom. The molecule has 108 valence electrons. The number of amides is 1. The average molecular weight is 277 g/mol. The van der Waals surface area contributed by atoms with Gasteiger partial charge in [-0.15, -0.1) is 0 Å². The van der Waals surface area contributed by atoms with E-state index in [1.54, 1.807) is 11.7 Å². The highest BCUT2D eigenvalue weighted by atomic mass is 16.5. The number of nitrogens with two attached hydrogens (primary N) is 1. The van der Waals surface area contributed by atoms with Crippen molar-refractivity contribution in [2.24, 2.45) is 0 Å². The second-order valence-corrected chi connectivity index (χ2v) is 4.51. The van der Waals surface area contributed by atoms with Gasteiger partial charge in [0.05, 0.1) is 6.61 Å². The van der Waals surface area contributed by atoms with Crippen molar-refractivity contribution in [3.8, 4) is 0 Å². The lowest BCUT2D eigenvalue weighted by Gasteiger charge is -2.07. The van der Waals surface area contributed by atoms with Crippen LogP contribution < -0.4 is 11.1 Å². The predicted octanol–water partition coefficient (Wildman–Crippen LogP) is 0.475. The lowest BCUT2D eigenvalue weighted by Crippen LogP contribution is -2.27. The first-order valence-electron chi connectivity index (χ1n) is 6.47. The summed E-state index contributed by atoms with van der Waals surface area (Å²) in [6.45, 7) is 3.37. The molecule has 0 aliphatic rings. The van der Waals surface area contributed by atoms with Gasteiger partial charge in [-0.25, -0.2) is 9.97 Å².